The molecular weight excluding hydrogens is 276 g/mol. The zero-order chi connectivity index (χ0) is 15.7. The van der Waals surface area contributed by atoms with Gasteiger partial charge in [-0.05, 0) is 49.4 Å². The third-order valence-corrected chi connectivity index (χ3v) is 4.12. The number of carbonyl (C=O) groups excluding carboxylic acids is 2. The fourth-order valence-electron chi connectivity index (χ4n) is 2.91. The highest BCUT2D eigenvalue weighted by Crippen LogP contribution is 2.47. The van der Waals surface area contributed by atoms with Crippen LogP contribution >= 0.6 is 0 Å². The van der Waals surface area contributed by atoms with Gasteiger partial charge in [-0.1, -0.05) is 18.2 Å². The van der Waals surface area contributed by atoms with Crippen LogP contribution in [0.1, 0.15) is 40.7 Å². The van der Waals surface area contributed by atoms with Gasteiger partial charge in [0, 0.05) is 23.9 Å². The molecular formula is C18H18N2O2. The van der Waals surface area contributed by atoms with Crippen molar-refractivity contribution in [2.45, 2.75) is 26.2 Å². The first kappa shape index (κ1) is 14.4. The Morgan fingerprint density at radius 2 is 2.05 bits per heavy atom. The van der Waals surface area contributed by atoms with Crippen molar-refractivity contribution >= 4 is 17.4 Å². The summed E-state index contributed by atoms with van der Waals surface area (Å²) in [4.78, 5) is 28.3. The maximum atomic E-state index is 12.4. The number of rotatable bonds is 4. The van der Waals surface area contributed by atoms with Gasteiger partial charge >= 0.3 is 0 Å². The third kappa shape index (κ3) is 2.77. The summed E-state index contributed by atoms with van der Waals surface area (Å²) in [5.74, 6) is 0.138. The molecule has 1 N–H and O–H groups in total. The molecule has 1 aliphatic carbocycles. The summed E-state index contributed by atoms with van der Waals surface area (Å²) in [6.45, 7) is 3.40. The summed E-state index contributed by atoms with van der Waals surface area (Å²) in [5, 5.41) is 2.91. The summed E-state index contributed by atoms with van der Waals surface area (Å²) in [7, 11) is 0. The van der Waals surface area contributed by atoms with Crippen LogP contribution in [0.2, 0.25) is 0 Å². The van der Waals surface area contributed by atoms with Crippen molar-refractivity contribution in [3.8, 4) is 0 Å². The number of hydrogen-bond donors (Lipinski definition) is 1. The highest BCUT2D eigenvalue weighted by atomic mass is 16.2. The van der Waals surface area contributed by atoms with Crippen LogP contribution in [-0.4, -0.2) is 16.7 Å². The number of pyridine rings is 1. The van der Waals surface area contributed by atoms with Crippen LogP contribution in [-0.2, 0) is 4.79 Å². The Bertz CT molecular complexity index is 725. The molecule has 0 aliphatic heterocycles. The number of nitrogens with one attached hydrogen (secondary N) is 1. The maximum absolute atomic E-state index is 12.4. The number of anilines is 1. The van der Waals surface area contributed by atoms with Crippen molar-refractivity contribution in [3.63, 3.8) is 0 Å². The number of Topliss-reactive ketones (excluding diaryl/α,β-unsaturated/α-hetero) is 1. The smallest absolute Gasteiger partial charge is 0.228 e. The standard InChI is InChI=1S/C18H18N2O2/c1-11-5-3-7-16(17(11)12(2)21)20-18(22)15-9-14(15)13-6-4-8-19-10-13/h3-8,10,14-15H,9H2,1-2H3,(H,20,22)/t14-,15-/m1/s1. The lowest BCUT2D eigenvalue weighted by Crippen LogP contribution is -2.17. The van der Waals surface area contributed by atoms with E-state index in [0.717, 1.165) is 17.5 Å². The number of nitrogens with zero attached hydrogens (tertiary/aromatic N) is 1. The van der Waals surface area contributed by atoms with E-state index in [4.69, 9.17) is 0 Å². The van der Waals surface area contributed by atoms with Gasteiger partial charge in [-0.25, -0.2) is 0 Å². The van der Waals surface area contributed by atoms with E-state index in [-0.39, 0.29) is 23.5 Å². The van der Waals surface area contributed by atoms with Crippen LogP contribution < -0.4 is 5.32 Å². The Labute approximate surface area is 129 Å². The van der Waals surface area contributed by atoms with E-state index in [1.54, 1.807) is 12.3 Å². The van der Waals surface area contributed by atoms with Gasteiger partial charge in [-0.3, -0.25) is 14.6 Å². The van der Waals surface area contributed by atoms with Gasteiger partial charge < -0.3 is 5.32 Å². The first-order valence-electron chi connectivity index (χ1n) is 7.39. The van der Waals surface area contributed by atoms with Crippen molar-refractivity contribution in [1.29, 1.82) is 0 Å². The minimum absolute atomic E-state index is 0.0260. The fraction of sp³-hybridized carbons (Fsp3) is 0.278. The normalized spacial score (nSPS) is 19.5. The minimum Gasteiger partial charge on any atom is -0.325 e. The molecule has 22 heavy (non-hydrogen) atoms. The van der Waals surface area contributed by atoms with Gasteiger partial charge in [0.15, 0.2) is 5.78 Å². The highest BCUT2D eigenvalue weighted by Gasteiger charge is 2.44. The molecule has 2 aromatic rings. The quantitative estimate of drug-likeness (QED) is 0.880. The second-order valence-electron chi connectivity index (χ2n) is 5.78. The van der Waals surface area contributed by atoms with Crippen molar-refractivity contribution in [2.24, 2.45) is 5.92 Å². The van der Waals surface area contributed by atoms with Crippen molar-refractivity contribution in [3.05, 3.63) is 59.4 Å². The van der Waals surface area contributed by atoms with Crippen LogP contribution in [0.5, 0.6) is 0 Å². The van der Waals surface area contributed by atoms with E-state index in [0.29, 0.717) is 11.3 Å². The molecule has 0 bridgehead atoms. The molecule has 0 radical (unpaired) electrons. The molecule has 2 atom stereocenters. The Hall–Kier alpha value is -2.49. The summed E-state index contributed by atoms with van der Waals surface area (Å²) in [5.41, 5.74) is 3.17. The number of carbonyl (C=O) groups is 2. The summed E-state index contributed by atoms with van der Waals surface area (Å²) >= 11 is 0. The molecule has 0 spiro atoms. The van der Waals surface area contributed by atoms with E-state index >= 15 is 0 Å². The molecule has 1 aliphatic rings. The summed E-state index contributed by atoms with van der Waals surface area (Å²) < 4.78 is 0. The van der Waals surface area contributed by atoms with Gasteiger partial charge in [0.25, 0.3) is 0 Å². The SMILES string of the molecule is CC(=O)c1c(C)cccc1NC(=O)[C@@H]1C[C@@H]1c1cccnc1. The molecule has 3 rings (SSSR count). The van der Waals surface area contributed by atoms with E-state index in [1.807, 2.05) is 37.4 Å². The molecule has 1 fully saturated rings. The van der Waals surface area contributed by atoms with Gasteiger partial charge in [0.05, 0.1) is 5.69 Å². The van der Waals surface area contributed by atoms with Gasteiger partial charge in [-0.2, -0.15) is 0 Å². The zero-order valence-electron chi connectivity index (χ0n) is 12.7. The van der Waals surface area contributed by atoms with Crippen LogP contribution in [0.4, 0.5) is 5.69 Å². The Kier molecular flexibility index (Phi) is 3.75. The second-order valence-corrected chi connectivity index (χ2v) is 5.78. The fourth-order valence-corrected chi connectivity index (χ4v) is 2.91. The molecule has 0 saturated heterocycles. The first-order chi connectivity index (χ1) is 10.6. The second kappa shape index (κ2) is 5.72. The van der Waals surface area contributed by atoms with Crippen LogP contribution in [0.25, 0.3) is 0 Å². The van der Waals surface area contributed by atoms with Gasteiger partial charge in [0.1, 0.15) is 0 Å². The Morgan fingerprint density at radius 1 is 1.23 bits per heavy atom. The van der Waals surface area contributed by atoms with Gasteiger partial charge in [-0.15, -0.1) is 0 Å². The predicted molar refractivity (Wildman–Crippen MR) is 84.9 cm³/mol. The Morgan fingerprint density at radius 3 is 2.73 bits per heavy atom. The number of aromatic nitrogens is 1. The van der Waals surface area contributed by atoms with E-state index in [2.05, 4.69) is 10.3 Å². The zero-order valence-corrected chi connectivity index (χ0v) is 12.7. The third-order valence-electron chi connectivity index (χ3n) is 4.12. The molecule has 1 heterocycles. The lowest BCUT2D eigenvalue weighted by Gasteiger charge is -2.11. The predicted octanol–water partition coefficient (Wildman–Crippen LogP) is 3.33. The van der Waals surface area contributed by atoms with Crippen molar-refractivity contribution < 1.29 is 9.59 Å². The number of ketones is 1. The number of hydrogen-bond acceptors (Lipinski definition) is 3. The maximum Gasteiger partial charge on any atom is 0.228 e. The van der Waals surface area contributed by atoms with Crippen LogP contribution in [0, 0.1) is 12.8 Å². The molecule has 1 amide bonds. The summed E-state index contributed by atoms with van der Waals surface area (Å²) in [6, 6.07) is 9.39. The molecule has 4 heteroatoms. The molecule has 1 aromatic heterocycles. The largest absolute Gasteiger partial charge is 0.325 e. The highest BCUT2D eigenvalue weighted by molar-refractivity contribution is 6.05. The topological polar surface area (TPSA) is 59.1 Å². The molecule has 1 aromatic carbocycles. The average Bonchev–Trinajstić information content (AvgIpc) is 3.28. The van der Waals surface area contributed by atoms with Crippen molar-refractivity contribution in [1.82, 2.24) is 4.98 Å². The Balaban J connectivity index is 1.74. The van der Waals surface area contributed by atoms with Crippen LogP contribution in [0.3, 0.4) is 0 Å². The summed E-state index contributed by atoms with van der Waals surface area (Å²) in [6.07, 6.45) is 4.37. The number of aryl methyl sites for hydroxylation is 1. The van der Waals surface area contributed by atoms with Gasteiger partial charge in [0.2, 0.25) is 5.91 Å². The lowest BCUT2D eigenvalue weighted by atomic mass is 10.0. The molecule has 112 valence electrons. The minimum atomic E-state index is -0.0375. The molecule has 0 unspecified atom stereocenters. The molecule has 4 nitrogen and oxygen atoms in total. The lowest BCUT2D eigenvalue weighted by molar-refractivity contribution is -0.117. The van der Waals surface area contributed by atoms with E-state index in [9.17, 15) is 9.59 Å². The number of benzene rings is 1. The van der Waals surface area contributed by atoms with Crippen LogP contribution in [0.15, 0.2) is 42.7 Å². The number of amides is 1. The monoisotopic (exact) mass is 294 g/mol. The van der Waals surface area contributed by atoms with E-state index in [1.165, 1.54) is 6.92 Å². The van der Waals surface area contributed by atoms with Crippen molar-refractivity contribution in [2.75, 3.05) is 5.32 Å². The molecule has 1 saturated carbocycles. The average molecular weight is 294 g/mol. The van der Waals surface area contributed by atoms with E-state index < -0.39 is 0 Å². The first-order valence-corrected chi connectivity index (χ1v) is 7.39.